The summed E-state index contributed by atoms with van der Waals surface area (Å²) in [7, 11) is 0. The minimum absolute atomic E-state index is 0.00955. The van der Waals surface area contributed by atoms with Crippen molar-refractivity contribution in [1.29, 1.82) is 0 Å². The highest BCUT2D eigenvalue weighted by molar-refractivity contribution is 7.13. The second-order valence-corrected chi connectivity index (χ2v) is 19.2. The first-order valence-corrected chi connectivity index (χ1v) is 23.1. The number of rotatable bonds is 17. The number of carbonyl (C=O) groups is 3. The zero-order valence-electron chi connectivity index (χ0n) is 37.4. The van der Waals surface area contributed by atoms with E-state index in [1.165, 1.54) is 4.90 Å². The van der Waals surface area contributed by atoms with Crippen LogP contribution in [0, 0.1) is 33.1 Å². The van der Waals surface area contributed by atoms with E-state index in [-0.39, 0.29) is 31.5 Å². The van der Waals surface area contributed by atoms with Crippen LogP contribution >= 0.6 is 34.5 Å². The monoisotopic (exact) mass is 915 g/mol. The van der Waals surface area contributed by atoms with Gasteiger partial charge in [0.2, 0.25) is 17.7 Å². The molecule has 12 nitrogen and oxygen atoms in total. The molecule has 2 aromatic heterocycles. The number of unbranched alkanes of at least 4 members (excludes halogenated alkanes) is 2. The van der Waals surface area contributed by atoms with Crippen LogP contribution in [0.15, 0.2) is 66.2 Å². The van der Waals surface area contributed by atoms with E-state index in [0.29, 0.717) is 29.6 Å². The molecule has 0 saturated carbocycles. The Morgan fingerprint density at radius 3 is 2.33 bits per heavy atom. The van der Waals surface area contributed by atoms with Crippen molar-refractivity contribution in [3.8, 4) is 21.6 Å². The predicted molar refractivity (Wildman–Crippen MR) is 253 cm³/mol. The van der Waals surface area contributed by atoms with Crippen LogP contribution in [0.4, 0.5) is 11.4 Å². The van der Waals surface area contributed by atoms with Crippen molar-refractivity contribution in [2.45, 2.75) is 105 Å². The number of aliphatic hydroxyl groups is 1. The quantitative estimate of drug-likeness (QED) is 0.0674. The molecule has 336 valence electrons. The van der Waals surface area contributed by atoms with Crippen LogP contribution in [-0.2, 0) is 19.1 Å². The predicted octanol–water partition coefficient (Wildman–Crippen LogP) is 9.44. The molecule has 1 fully saturated rings. The molecule has 0 spiro atoms. The molecule has 3 heterocycles. The van der Waals surface area contributed by atoms with Crippen molar-refractivity contribution in [3.63, 3.8) is 0 Å². The number of ether oxygens (including phenoxy) is 1. The molecule has 1 aliphatic rings. The van der Waals surface area contributed by atoms with Gasteiger partial charge in [-0.15, -0.1) is 11.3 Å². The number of nitrogens with one attached hydrogen (secondary N) is 3. The van der Waals surface area contributed by atoms with Crippen LogP contribution < -0.4 is 15.5 Å². The number of β-amino-alcohol motifs (C(OH)–C–C–N with tert-alkyl or cyclic N) is 1. The Hall–Kier alpha value is -4.79. The van der Waals surface area contributed by atoms with Crippen molar-refractivity contribution < 1.29 is 24.2 Å². The number of hydrogen-bond donors (Lipinski definition) is 4. The molecule has 0 aliphatic carbocycles. The SMILES string of the molecule is Cc1ccc(-c2c(C)n[nH]c2C)cc1N(CCCCCOCC(=O)N[C@H](C(=O)N1C[C@H](O)C[C@H]1C(=O)N[C@@H](C)c1ccc(-c2scnc2C)cc1)C(C)(C)C)c1ccc(Cl)c(Cl)c1. The van der Waals surface area contributed by atoms with Gasteiger partial charge in [-0.25, -0.2) is 4.98 Å². The maximum Gasteiger partial charge on any atom is 0.246 e. The smallest absolute Gasteiger partial charge is 0.246 e. The molecule has 3 aromatic carbocycles. The first-order valence-electron chi connectivity index (χ1n) is 21.4. The molecular weight excluding hydrogens is 858 g/mol. The van der Waals surface area contributed by atoms with Gasteiger partial charge in [-0.3, -0.25) is 19.5 Å². The number of aliphatic hydroxyl groups excluding tert-OH is 1. The van der Waals surface area contributed by atoms with Crippen LogP contribution in [-0.4, -0.2) is 87.4 Å². The van der Waals surface area contributed by atoms with E-state index in [4.69, 9.17) is 27.9 Å². The molecule has 3 amide bonds. The van der Waals surface area contributed by atoms with Gasteiger partial charge in [-0.2, -0.15) is 5.10 Å². The number of aromatic amines is 1. The van der Waals surface area contributed by atoms with E-state index in [0.717, 1.165) is 74.0 Å². The third-order valence-electron chi connectivity index (χ3n) is 11.6. The molecule has 5 aromatic rings. The van der Waals surface area contributed by atoms with Gasteiger partial charge in [0, 0.05) is 48.7 Å². The summed E-state index contributed by atoms with van der Waals surface area (Å²) in [4.78, 5) is 50.2. The minimum atomic E-state index is -0.954. The minimum Gasteiger partial charge on any atom is -0.391 e. The van der Waals surface area contributed by atoms with Gasteiger partial charge in [0.05, 0.1) is 44.0 Å². The normalized spacial score (nSPS) is 16.2. The van der Waals surface area contributed by atoms with Gasteiger partial charge in [0.25, 0.3) is 0 Å². The van der Waals surface area contributed by atoms with Crippen LogP contribution in [0.2, 0.25) is 10.0 Å². The third-order valence-corrected chi connectivity index (χ3v) is 13.3. The number of halogens is 2. The van der Waals surface area contributed by atoms with Crippen LogP contribution in [0.5, 0.6) is 0 Å². The van der Waals surface area contributed by atoms with E-state index in [1.54, 1.807) is 11.3 Å². The number of likely N-dealkylation sites (tertiary alicyclic amines) is 1. The molecule has 6 rings (SSSR count). The number of aromatic nitrogens is 3. The zero-order valence-corrected chi connectivity index (χ0v) is 39.7. The van der Waals surface area contributed by atoms with Gasteiger partial charge in [0.15, 0.2) is 0 Å². The molecule has 1 saturated heterocycles. The maximum atomic E-state index is 14.1. The van der Waals surface area contributed by atoms with E-state index in [9.17, 15) is 19.5 Å². The van der Waals surface area contributed by atoms with Gasteiger partial charge < -0.3 is 30.3 Å². The van der Waals surface area contributed by atoms with Crippen molar-refractivity contribution in [2.24, 2.45) is 5.41 Å². The van der Waals surface area contributed by atoms with Gasteiger partial charge >= 0.3 is 0 Å². The number of aryl methyl sites for hydroxylation is 4. The Morgan fingerprint density at radius 2 is 1.68 bits per heavy atom. The Balaban J connectivity index is 1.01. The van der Waals surface area contributed by atoms with E-state index in [2.05, 4.69) is 55.8 Å². The van der Waals surface area contributed by atoms with E-state index in [1.807, 2.05) is 96.4 Å². The number of carbonyl (C=O) groups excluding carboxylic acids is 3. The summed E-state index contributed by atoms with van der Waals surface area (Å²) < 4.78 is 5.82. The van der Waals surface area contributed by atoms with Crippen LogP contribution in [0.3, 0.4) is 0 Å². The molecule has 0 unspecified atom stereocenters. The molecule has 4 N–H and O–H groups in total. The Morgan fingerprint density at radius 1 is 0.952 bits per heavy atom. The number of amides is 3. The lowest BCUT2D eigenvalue weighted by molar-refractivity contribution is -0.144. The summed E-state index contributed by atoms with van der Waals surface area (Å²) in [6.45, 7) is 16.4. The summed E-state index contributed by atoms with van der Waals surface area (Å²) >= 11 is 14.4. The third kappa shape index (κ3) is 11.7. The molecule has 0 radical (unpaired) electrons. The second-order valence-electron chi connectivity index (χ2n) is 17.6. The average Bonchev–Trinajstić information content (AvgIpc) is 3.95. The molecule has 63 heavy (non-hydrogen) atoms. The van der Waals surface area contributed by atoms with Crippen molar-refractivity contribution in [2.75, 3.05) is 31.2 Å². The summed E-state index contributed by atoms with van der Waals surface area (Å²) in [6, 6.07) is 17.9. The molecule has 4 atom stereocenters. The number of H-pyrrole nitrogens is 1. The summed E-state index contributed by atoms with van der Waals surface area (Å²) in [6.07, 6.45) is 1.61. The zero-order chi connectivity index (χ0) is 45.6. The number of thiazole rings is 1. The van der Waals surface area contributed by atoms with Gasteiger partial charge in [-0.05, 0) is 106 Å². The summed E-state index contributed by atoms with van der Waals surface area (Å²) in [5.74, 6) is -1.22. The Bertz CT molecular complexity index is 2380. The highest BCUT2D eigenvalue weighted by atomic mass is 35.5. The summed E-state index contributed by atoms with van der Waals surface area (Å²) in [5.41, 5.74) is 11.2. The summed E-state index contributed by atoms with van der Waals surface area (Å²) in [5, 5.41) is 25.1. The van der Waals surface area contributed by atoms with Crippen molar-refractivity contribution >= 4 is 63.6 Å². The highest BCUT2D eigenvalue weighted by Crippen LogP contribution is 2.37. The lowest BCUT2D eigenvalue weighted by atomic mass is 9.85. The first kappa shape index (κ1) is 47.7. The molecule has 1 aliphatic heterocycles. The van der Waals surface area contributed by atoms with Crippen molar-refractivity contribution in [1.82, 2.24) is 30.7 Å². The van der Waals surface area contributed by atoms with E-state index >= 15 is 0 Å². The largest absolute Gasteiger partial charge is 0.391 e. The standard InChI is InChI=1S/C48H59Cl2N7O5S/c1-28-12-13-35(43-30(3)54-55-31(43)4)22-40(28)56(36-18-19-38(49)39(50)23-36)20-10-9-11-21-62-26-42(59)53-45(48(6,7)8)47(61)57-25-37(58)24-41(57)46(60)52-29(2)33-14-16-34(17-15-33)44-32(5)51-27-63-44/h12-19,22-23,27,29,37,41,45,58H,9-11,20-21,24-26H2,1-8H3,(H,52,60)(H,53,59)(H,54,55)/t29-,37+,41-,45+/m0/s1. The topological polar surface area (TPSA) is 153 Å². The second kappa shape index (κ2) is 20.8. The fourth-order valence-corrected chi connectivity index (χ4v) is 9.21. The number of benzene rings is 3. The van der Waals surface area contributed by atoms with Crippen molar-refractivity contribution in [3.05, 3.63) is 104 Å². The van der Waals surface area contributed by atoms with Crippen LogP contribution in [0.1, 0.15) is 87.6 Å². The molecule has 0 bridgehead atoms. The number of hydrogen-bond acceptors (Lipinski definition) is 9. The Labute approximate surface area is 384 Å². The highest BCUT2D eigenvalue weighted by Gasteiger charge is 2.44. The van der Waals surface area contributed by atoms with E-state index < -0.39 is 35.4 Å². The Kier molecular flexibility index (Phi) is 15.7. The fourth-order valence-electron chi connectivity index (χ4n) is 8.11. The number of nitrogens with zero attached hydrogens (tertiary/aromatic N) is 4. The van der Waals surface area contributed by atoms with Gasteiger partial charge in [0.1, 0.15) is 18.7 Å². The lowest BCUT2D eigenvalue weighted by Gasteiger charge is -2.35. The number of anilines is 2. The molecule has 15 heteroatoms. The van der Waals surface area contributed by atoms with Gasteiger partial charge in [-0.1, -0.05) is 80.4 Å². The average molecular weight is 917 g/mol. The fraction of sp³-hybridized carbons (Fsp3) is 0.438. The first-order chi connectivity index (χ1) is 29.9. The maximum absolute atomic E-state index is 14.1. The molecular formula is C48H59Cl2N7O5S. The lowest BCUT2D eigenvalue weighted by Crippen LogP contribution is -2.58. The van der Waals surface area contributed by atoms with Crippen LogP contribution in [0.25, 0.3) is 21.6 Å².